The fraction of sp³-hybridized carbons (Fsp3) is 0.250. The van der Waals surface area contributed by atoms with Crippen LogP contribution in [-0.2, 0) is 11.2 Å². The van der Waals surface area contributed by atoms with Crippen molar-refractivity contribution in [2.45, 2.75) is 12.5 Å². The van der Waals surface area contributed by atoms with Crippen LogP contribution in [0.1, 0.15) is 21.4 Å². The molecule has 1 atom stereocenters. The zero-order valence-electron chi connectivity index (χ0n) is 14.4. The topological polar surface area (TPSA) is 38.8 Å². The van der Waals surface area contributed by atoms with Crippen molar-refractivity contribution in [3.05, 3.63) is 68.5 Å². The Kier molecular flexibility index (Phi) is 4.95. The van der Waals surface area contributed by atoms with Crippen molar-refractivity contribution in [3.63, 3.8) is 0 Å². The second kappa shape index (κ2) is 7.51. The van der Waals surface area contributed by atoms with E-state index in [1.165, 1.54) is 15.3 Å². The first-order valence-electron chi connectivity index (χ1n) is 8.42. The lowest BCUT2D eigenvalue weighted by Crippen LogP contribution is -2.42. The Bertz CT molecular complexity index is 871. The van der Waals surface area contributed by atoms with E-state index in [1.807, 2.05) is 35.2 Å². The maximum Gasteiger partial charge on any atom is 0.261 e. The van der Waals surface area contributed by atoms with Gasteiger partial charge in [0, 0.05) is 16.3 Å². The summed E-state index contributed by atoms with van der Waals surface area (Å²) in [5.41, 5.74) is 1.25. The Morgan fingerprint density at radius 3 is 2.65 bits per heavy atom. The summed E-state index contributed by atoms with van der Waals surface area (Å²) in [5, 5.41) is 4.18. The fourth-order valence-electron chi connectivity index (χ4n) is 3.24. The van der Waals surface area contributed by atoms with Crippen molar-refractivity contribution in [3.8, 4) is 11.5 Å². The fourth-order valence-corrected chi connectivity index (χ4v) is 5.00. The van der Waals surface area contributed by atoms with E-state index in [0.29, 0.717) is 5.75 Å². The molecule has 3 heterocycles. The molecule has 4 rings (SSSR count). The summed E-state index contributed by atoms with van der Waals surface area (Å²) in [6.45, 7) is 0.758. The Labute approximate surface area is 160 Å². The molecule has 0 unspecified atom stereocenters. The van der Waals surface area contributed by atoms with Crippen LogP contribution in [0.25, 0.3) is 0 Å². The molecule has 0 N–H and O–H groups in total. The van der Waals surface area contributed by atoms with E-state index in [2.05, 4.69) is 22.9 Å². The quantitative estimate of drug-likeness (QED) is 0.655. The number of nitrogens with zero attached hydrogens (tertiary/aromatic N) is 1. The van der Waals surface area contributed by atoms with Gasteiger partial charge < -0.3 is 14.4 Å². The Morgan fingerprint density at radius 1 is 1.12 bits per heavy atom. The molecule has 0 fully saturated rings. The average Bonchev–Trinajstić information content (AvgIpc) is 3.37. The number of rotatable bonds is 5. The number of ether oxygens (including phenoxy) is 2. The first-order valence-corrected chi connectivity index (χ1v) is 10.2. The van der Waals surface area contributed by atoms with Gasteiger partial charge in [0.25, 0.3) is 5.91 Å². The van der Waals surface area contributed by atoms with Gasteiger partial charge in [0.2, 0.25) is 0 Å². The molecule has 3 aromatic rings. The van der Waals surface area contributed by atoms with E-state index in [1.54, 1.807) is 29.8 Å². The van der Waals surface area contributed by atoms with Gasteiger partial charge in [0.05, 0.1) is 13.2 Å². The number of thiophene rings is 2. The third-order valence-electron chi connectivity index (χ3n) is 4.52. The lowest BCUT2D eigenvalue weighted by atomic mass is 9.98. The number of methoxy groups -OCH3 is 1. The smallest absolute Gasteiger partial charge is 0.261 e. The normalized spacial score (nSPS) is 16.2. The van der Waals surface area contributed by atoms with Gasteiger partial charge in [-0.1, -0.05) is 6.07 Å². The van der Waals surface area contributed by atoms with Crippen LogP contribution in [0, 0.1) is 0 Å². The highest BCUT2D eigenvalue weighted by molar-refractivity contribution is 7.10. The molecule has 1 amide bonds. The van der Waals surface area contributed by atoms with Crippen molar-refractivity contribution in [1.29, 1.82) is 0 Å². The lowest BCUT2D eigenvalue weighted by Gasteiger charge is -2.35. The standard InChI is InChI=1S/C20H19NO3S2/c1-23-14-4-6-15(7-5-14)24-13-19(22)21-10-8-17-16(9-12-26-17)20(21)18-3-2-11-25-18/h2-7,9,11-12,20H,8,10,13H2,1H3/t20-/m1/s1. The zero-order valence-corrected chi connectivity index (χ0v) is 16.0. The molecule has 1 aliphatic heterocycles. The van der Waals surface area contributed by atoms with Crippen LogP contribution in [0.3, 0.4) is 0 Å². The molecule has 26 heavy (non-hydrogen) atoms. The van der Waals surface area contributed by atoms with Crippen LogP contribution in [0.15, 0.2) is 53.2 Å². The second-order valence-corrected chi connectivity index (χ2v) is 8.00. The highest BCUT2D eigenvalue weighted by atomic mass is 32.1. The second-order valence-electron chi connectivity index (χ2n) is 6.02. The van der Waals surface area contributed by atoms with Crippen LogP contribution in [-0.4, -0.2) is 31.1 Å². The minimum atomic E-state index is -0.00281. The summed E-state index contributed by atoms with van der Waals surface area (Å²) in [6, 6.07) is 13.6. The molecular formula is C20H19NO3S2. The predicted molar refractivity (Wildman–Crippen MR) is 104 cm³/mol. The van der Waals surface area contributed by atoms with Crippen molar-refractivity contribution < 1.29 is 14.3 Å². The van der Waals surface area contributed by atoms with Gasteiger partial charge in [0.1, 0.15) is 11.5 Å². The van der Waals surface area contributed by atoms with Crippen LogP contribution >= 0.6 is 22.7 Å². The molecular weight excluding hydrogens is 366 g/mol. The summed E-state index contributed by atoms with van der Waals surface area (Å²) in [7, 11) is 1.62. The molecule has 0 bridgehead atoms. The number of benzene rings is 1. The highest BCUT2D eigenvalue weighted by Crippen LogP contribution is 2.39. The zero-order chi connectivity index (χ0) is 17.9. The molecule has 0 radical (unpaired) electrons. The summed E-state index contributed by atoms with van der Waals surface area (Å²) in [6.07, 6.45) is 0.906. The molecule has 134 valence electrons. The maximum atomic E-state index is 12.9. The van der Waals surface area contributed by atoms with Gasteiger partial charge in [0.15, 0.2) is 6.61 Å². The largest absolute Gasteiger partial charge is 0.497 e. The first kappa shape index (κ1) is 17.1. The van der Waals surface area contributed by atoms with E-state index in [9.17, 15) is 4.79 Å². The Balaban J connectivity index is 1.50. The third kappa shape index (κ3) is 3.34. The summed E-state index contributed by atoms with van der Waals surface area (Å²) in [4.78, 5) is 17.4. The minimum Gasteiger partial charge on any atom is -0.497 e. The number of hydrogen-bond acceptors (Lipinski definition) is 5. The minimum absolute atomic E-state index is 0.00281. The molecule has 0 spiro atoms. The average molecular weight is 386 g/mol. The molecule has 2 aromatic heterocycles. The van der Waals surface area contributed by atoms with Crippen LogP contribution in [0.5, 0.6) is 11.5 Å². The van der Waals surface area contributed by atoms with Crippen LogP contribution in [0.2, 0.25) is 0 Å². The van der Waals surface area contributed by atoms with Crippen LogP contribution < -0.4 is 9.47 Å². The number of hydrogen-bond donors (Lipinski definition) is 0. The Morgan fingerprint density at radius 2 is 1.92 bits per heavy atom. The molecule has 0 aliphatic carbocycles. The number of carbonyl (C=O) groups excluding carboxylic acids is 1. The van der Waals surface area contributed by atoms with Gasteiger partial charge >= 0.3 is 0 Å². The van der Waals surface area contributed by atoms with Crippen molar-refractivity contribution >= 4 is 28.6 Å². The van der Waals surface area contributed by atoms with E-state index in [-0.39, 0.29) is 18.6 Å². The SMILES string of the molecule is COc1ccc(OCC(=O)N2CCc3sccc3[C@@H]2c2cccs2)cc1. The predicted octanol–water partition coefficient (Wildman–Crippen LogP) is 4.37. The van der Waals surface area contributed by atoms with E-state index < -0.39 is 0 Å². The van der Waals surface area contributed by atoms with Crippen molar-refractivity contribution in [2.24, 2.45) is 0 Å². The van der Waals surface area contributed by atoms with Gasteiger partial charge in [-0.2, -0.15) is 0 Å². The number of amides is 1. The lowest BCUT2D eigenvalue weighted by molar-refractivity contribution is -0.135. The van der Waals surface area contributed by atoms with Gasteiger partial charge in [-0.25, -0.2) is 0 Å². The molecule has 4 nitrogen and oxygen atoms in total. The van der Waals surface area contributed by atoms with E-state index in [0.717, 1.165) is 18.7 Å². The summed E-state index contributed by atoms with van der Waals surface area (Å²) < 4.78 is 10.9. The molecule has 0 saturated carbocycles. The van der Waals surface area contributed by atoms with Gasteiger partial charge in [-0.3, -0.25) is 4.79 Å². The molecule has 1 aromatic carbocycles. The van der Waals surface area contributed by atoms with Crippen molar-refractivity contribution in [2.75, 3.05) is 20.3 Å². The number of carbonyl (C=O) groups is 1. The highest BCUT2D eigenvalue weighted by Gasteiger charge is 2.33. The van der Waals surface area contributed by atoms with E-state index in [4.69, 9.17) is 9.47 Å². The van der Waals surface area contributed by atoms with Gasteiger partial charge in [-0.15, -0.1) is 22.7 Å². The van der Waals surface area contributed by atoms with E-state index >= 15 is 0 Å². The third-order valence-corrected chi connectivity index (χ3v) is 6.44. The Hall–Kier alpha value is -2.31. The number of fused-ring (bicyclic) bond motifs is 1. The maximum absolute atomic E-state index is 12.9. The van der Waals surface area contributed by atoms with Crippen molar-refractivity contribution in [1.82, 2.24) is 4.90 Å². The summed E-state index contributed by atoms with van der Waals surface area (Å²) >= 11 is 3.47. The monoisotopic (exact) mass is 385 g/mol. The van der Waals surface area contributed by atoms with Crippen LogP contribution in [0.4, 0.5) is 0 Å². The van der Waals surface area contributed by atoms with Gasteiger partial charge in [-0.05, 0) is 59.1 Å². The molecule has 0 saturated heterocycles. The first-order chi connectivity index (χ1) is 12.8. The summed E-state index contributed by atoms with van der Waals surface area (Å²) in [5.74, 6) is 1.44. The molecule has 1 aliphatic rings. The molecule has 6 heteroatoms.